The Hall–Kier alpha value is -1.23. The Morgan fingerprint density at radius 2 is 2.00 bits per heavy atom. The van der Waals surface area contributed by atoms with Crippen LogP contribution in [0.15, 0.2) is 24.5 Å². The number of hydrogen-bond donors (Lipinski definition) is 0. The summed E-state index contributed by atoms with van der Waals surface area (Å²) >= 11 is 0. The van der Waals surface area contributed by atoms with E-state index in [0.717, 1.165) is 5.69 Å². The van der Waals surface area contributed by atoms with Crippen LogP contribution in [0.25, 0.3) is 0 Å². The minimum atomic E-state index is -2.67. The van der Waals surface area contributed by atoms with E-state index < -0.39 is 6.61 Å². The molecular formula is C9H10F2N2O. The van der Waals surface area contributed by atoms with Crippen molar-refractivity contribution in [3.8, 4) is 0 Å². The Labute approximate surface area is 80.3 Å². The maximum absolute atomic E-state index is 11.8. The van der Waals surface area contributed by atoms with E-state index in [1.165, 1.54) is 0 Å². The summed E-state index contributed by atoms with van der Waals surface area (Å²) in [5.41, 5.74) is 0.995. The van der Waals surface area contributed by atoms with Gasteiger partial charge >= 0.3 is 6.61 Å². The Balaban J connectivity index is 1.83. The standard InChI is InChI=1S/C9H10F2N2O/c10-9(11)14-8-5-13(6-8)7-1-3-12-4-2-7/h1-4,8-9H,5-6H2. The first-order valence-electron chi connectivity index (χ1n) is 4.34. The molecule has 0 atom stereocenters. The molecule has 0 unspecified atom stereocenters. The number of ether oxygens (including phenoxy) is 1. The summed E-state index contributed by atoms with van der Waals surface area (Å²) in [7, 11) is 0. The fourth-order valence-corrected chi connectivity index (χ4v) is 1.44. The Morgan fingerprint density at radius 3 is 2.57 bits per heavy atom. The van der Waals surface area contributed by atoms with Gasteiger partial charge in [-0.15, -0.1) is 0 Å². The minimum absolute atomic E-state index is 0.344. The Kier molecular flexibility index (Phi) is 2.58. The summed E-state index contributed by atoms with van der Waals surface area (Å²) in [6, 6.07) is 3.69. The third-order valence-corrected chi connectivity index (χ3v) is 2.17. The van der Waals surface area contributed by atoms with Crippen molar-refractivity contribution in [1.29, 1.82) is 0 Å². The van der Waals surface area contributed by atoms with Gasteiger partial charge in [-0.3, -0.25) is 4.98 Å². The van der Waals surface area contributed by atoms with Crippen molar-refractivity contribution in [2.75, 3.05) is 18.0 Å². The van der Waals surface area contributed by atoms with Gasteiger partial charge in [0.05, 0.1) is 6.10 Å². The van der Waals surface area contributed by atoms with E-state index in [0.29, 0.717) is 13.1 Å². The lowest BCUT2D eigenvalue weighted by Gasteiger charge is -2.40. The second kappa shape index (κ2) is 3.88. The molecule has 0 aromatic carbocycles. The predicted octanol–water partition coefficient (Wildman–Crippen LogP) is 1.51. The topological polar surface area (TPSA) is 25.4 Å². The first-order chi connectivity index (χ1) is 6.75. The van der Waals surface area contributed by atoms with E-state index in [4.69, 9.17) is 0 Å². The molecule has 1 aliphatic rings. The van der Waals surface area contributed by atoms with Crippen LogP contribution in [-0.2, 0) is 4.74 Å². The quantitative estimate of drug-likeness (QED) is 0.739. The second-order valence-electron chi connectivity index (χ2n) is 3.13. The summed E-state index contributed by atoms with van der Waals surface area (Å²) < 4.78 is 27.9. The fourth-order valence-electron chi connectivity index (χ4n) is 1.44. The molecule has 0 bridgehead atoms. The van der Waals surface area contributed by atoms with E-state index in [-0.39, 0.29) is 6.10 Å². The van der Waals surface area contributed by atoms with Crippen molar-refractivity contribution in [3.05, 3.63) is 24.5 Å². The summed E-state index contributed by atoms with van der Waals surface area (Å²) in [5.74, 6) is 0. The van der Waals surface area contributed by atoms with Crippen molar-refractivity contribution in [3.63, 3.8) is 0 Å². The molecule has 1 aromatic heterocycles. The molecule has 1 aliphatic heterocycles. The third kappa shape index (κ3) is 1.98. The van der Waals surface area contributed by atoms with E-state index in [9.17, 15) is 8.78 Å². The highest BCUT2D eigenvalue weighted by Crippen LogP contribution is 2.22. The van der Waals surface area contributed by atoms with Crippen LogP contribution in [0, 0.1) is 0 Å². The lowest BCUT2D eigenvalue weighted by Crippen LogP contribution is -2.52. The van der Waals surface area contributed by atoms with Crippen LogP contribution in [0.5, 0.6) is 0 Å². The van der Waals surface area contributed by atoms with Gasteiger partial charge in [0.1, 0.15) is 0 Å². The highest BCUT2D eigenvalue weighted by atomic mass is 19.3. The molecule has 0 saturated carbocycles. The zero-order chi connectivity index (χ0) is 9.97. The van der Waals surface area contributed by atoms with Crippen LogP contribution in [0.4, 0.5) is 14.5 Å². The van der Waals surface area contributed by atoms with Gasteiger partial charge in [0, 0.05) is 31.2 Å². The predicted molar refractivity (Wildman–Crippen MR) is 47.3 cm³/mol. The van der Waals surface area contributed by atoms with Crippen molar-refractivity contribution in [1.82, 2.24) is 4.98 Å². The van der Waals surface area contributed by atoms with Gasteiger partial charge in [0.25, 0.3) is 0 Å². The van der Waals surface area contributed by atoms with Crippen molar-refractivity contribution < 1.29 is 13.5 Å². The number of pyridine rings is 1. The zero-order valence-corrected chi connectivity index (χ0v) is 7.44. The molecule has 2 rings (SSSR count). The van der Waals surface area contributed by atoms with Gasteiger partial charge in [0.2, 0.25) is 0 Å². The highest BCUT2D eigenvalue weighted by molar-refractivity contribution is 5.47. The number of alkyl halides is 2. The average molecular weight is 200 g/mol. The lowest BCUT2D eigenvalue weighted by molar-refractivity contribution is -0.167. The SMILES string of the molecule is FC(F)OC1CN(c2ccncc2)C1. The van der Waals surface area contributed by atoms with Crippen molar-refractivity contribution in [2.45, 2.75) is 12.7 Å². The largest absolute Gasteiger partial charge is 0.366 e. The normalized spacial score (nSPS) is 17.2. The monoisotopic (exact) mass is 200 g/mol. The first kappa shape index (κ1) is 9.33. The second-order valence-corrected chi connectivity index (χ2v) is 3.13. The molecule has 0 spiro atoms. The maximum Gasteiger partial charge on any atom is 0.345 e. The molecule has 3 nitrogen and oxygen atoms in total. The van der Waals surface area contributed by atoms with Gasteiger partial charge < -0.3 is 9.64 Å². The minimum Gasteiger partial charge on any atom is -0.366 e. The number of hydrogen-bond acceptors (Lipinski definition) is 3. The molecule has 1 aromatic rings. The molecule has 1 fully saturated rings. The van der Waals surface area contributed by atoms with Crippen LogP contribution < -0.4 is 4.90 Å². The third-order valence-electron chi connectivity index (χ3n) is 2.17. The molecule has 0 N–H and O–H groups in total. The molecule has 0 radical (unpaired) electrons. The van der Waals surface area contributed by atoms with Crippen LogP contribution in [0.1, 0.15) is 0 Å². The van der Waals surface area contributed by atoms with Gasteiger partial charge in [-0.25, -0.2) is 0 Å². The average Bonchev–Trinajstić information content (AvgIpc) is 2.12. The number of aromatic nitrogens is 1. The molecule has 0 aliphatic carbocycles. The van der Waals surface area contributed by atoms with Gasteiger partial charge in [0.15, 0.2) is 0 Å². The highest BCUT2D eigenvalue weighted by Gasteiger charge is 2.29. The van der Waals surface area contributed by atoms with E-state index in [1.807, 2.05) is 17.0 Å². The molecule has 1 saturated heterocycles. The summed E-state index contributed by atoms with van der Waals surface area (Å²) in [5, 5.41) is 0. The number of rotatable bonds is 3. The fraction of sp³-hybridized carbons (Fsp3) is 0.444. The number of anilines is 1. The van der Waals surface area contributed by atoms with Gasteiger partial charge in [-0.1, -0.05) is 0 Å². The molecular weight excluding hydrogens is 190 g/mol. The zero-order valence-electron chi connectivity index (χ0n) is 7.44. The van der Waals surface area contributed by atoms with Crippen molar-refractivity contribution >= 4 is 5.69 Å². The molecule has 2 heterocycles. The van der Waals surface area contributed by atoms with Gasteiger partial charge in [-0.2, -0.15) is 8.78 Å². The first-order valence-corrected chi connectivity index (χ1v) is 4.34. The smallest absolute Gasteiger partial charge is 0.345 e. The van der Waals surface area contributed by atoms with E-state index in [1.54, 1.807) is 12.4 Å². The molecule has 14 heavy (non-hydrogen) atoms. The number of halogens is 2. The lowest BCUT2D eigenvalue weighted by atomic mass is 10.1. The van der Waals surface area contributed by atoms with Gasteiger partial charge in [-0.05, 0) is 12.1 Å². The molecule has 0 amide bonds. The van der Waals surface area contributed by atoms with E-state index in [2.05, 4.69) is 9.72 Å². The van der Waals surface area contributed by atoms with Crippen LogP contribution in [0.3, 0.4) is 0 Å². The summed E-state index contributed by atoms with van der Waals surface area (Å²) in [6.07, 6.45) is 3.01. The summed E-state index contributed by atoms with van der Waals surface area (Å²) in [6.45, 7) is -1.62. The van der Waals surface area contributed by atoms with Crippen LogP contribution in [0.2, 0.25) is 0 Å². The van der Waals surface area contributed by atoms with Crippen LogP contribution >= 0.6 is 0 Å². The summed E-state index contributed by atoms with van der Waals surface area (Å²) in [4.78, 5) is 5.84. The number of nitrogens with zero attached hydrogens (tertiary/aromatic N) is 2. The molecule has 76 valence electrons. The Morgan fingerprint density at radius 1 is 1.36 bits per heavy atom. The maximum atomic E-state index is 11.8. The Bertz CT molecular complexity index is 288. The molecule has 5 heteroatoms. The van der Waals surface area contributed by atoms with E-state index >= 15 is 0 Å². The van der Waals surface area contributed by atoms with Crippen LogP contribution in [-0.4, -0.2) is 30.8 Å². The van der Waals surface area contributed by atoms with Crippen molar-refractivity contribution in [2.24, 2.45) is 0 Å².